The van der Waals surface area contributed by atoms with Crippen molar-refractivity contribution in [2.45, 2.75) is 26.2 Å². The van der Waals surface area contributed by atoms with E-state index in [1.54, 1.807) is 13.8 Å². The van der Waals surface area contributed by atoms with Crippen molar-refractivity contribution in [3.8, 4) is 0 Å². The Morgan fingerprint density at radius 2 is 1.36 bits per heavy atom. The molecule has 0 unspecified atom stereocenters. The number of carbonyl (C=O) groups is 1. The molecule has 0 heterocycles. The second-order valence-corrected chi connectivity index (χ2v) is 5.35. The van der Waals surface area contributed by atoms with E-state index in [0.717, 1.165) is 6.42 Å². The van der Waals surface area contributed by atoms with Gasteiger partial charge in [0.15, 0.2) is 0 Å². The highest BCUT2D eigenvalue weighted by Gasteiger charge is 2.25. The molecule has 2 aromatic rings. The number of amides is 1. The first-order valence-electron chi connectivity index (χ1n) is 8.16. The molecule has 0 saturated carbocycles. The van der Waals surface area contributed by atoms with E-state index >= 15 is 0 Å². The monoisotopic (exact) mass is 345 g/mol. The van der Waals surface area contributed by atoms with Gasteiger partial charge in [0, 0.05) is 21.1 Å². The van der Waals surface area contributed by atoms with Gasteiger partial charge in [-0.1, -0.05) is 60.7 Å². The lowest BCUT2D eigenvalue weighted by Gasteiger charge is -2.26. The Hall–Kier alpha value is -2.37. The molecule has 5 heteroatoms. The van der Waals surface area contributed by atoms with Crippen LogP contribution in [-0.2, 0) is 20.6 Å². The van der Waals surface area contributed by atoms with Gasteiger partial charge in [0.05, 0.1) is 6.61 Å². The van der Waals surface area contributed by atoms with E-state index in [2.05, 4.69) is 70.7 Å². The van der Waals surface area contributed by atoms with E-state index in [9.17, 15) is 4.79 Å². The van der Waals surface area contributed by atoms with Gasteiger partial charge in [-0.3, -0.25) is 5.32 Å². The molecule has 1 N–H and O–H groups in total. The van der Waals surface area contributed by atoms with Crippen molar-refractivity contribution < 1.29 is 19.0 Å². The predicted octanol–water partition coefficient (Wildman–Crippen LogP) is 3.98. The molecule has 0 atom stereocenters. The summed E-state index contributed by atoms with van der Waals surface area (Å²) < 4.78 is 14.4. The Bertz CT molecular complexity index is 560. The van der Waals surface area contributed by atoms with Crippen LogP contribution in [0.25, 0.3) is 0 Å². The summed E-state index contributed by atoms with van der Waals surface area (Å²) in [5.41, 5.74) is 2.74. The van der Waals surface area contributed by atoms with Gasteiger partial charge in [-0.2, -0.15) is 0 Å². The standard InChI is InChI=1S/C13H12.C7H15NO4/c1-3-7-12(8-4-1)11-13-9-5-2-6-10-13;1-5-12-6(9)8-7(2,10-3)11-4/h1-10H,11H2;5H2,1-4H3,(H,8,9). The maximum atomic E-state index is 10.9. The summed E-state index contributed by atoms with van der Waals surface area (Å²) >= 11 is 0. The van der Waals surface area contributed by atoms with Gasteiger partial charge in [-0.25, -0.2) is 4.79 Å². The summed E-state index contributed by atoms with van der Waals surface area (Å²) in [5.74, 6) is -1.12. The molecule has 0 radical (unpaired) electrons. The number of benzene rings is 2. The lowest BCUT2D eigenvalue weighted by Crippen LogP contribution is -2.49. The van der Waals surface area contributed by atoms with Crippen molar-refractivity contribution in [3.05, 3.63) is 71.8 Å². The van der Waals surface area contributed by atoms with Crippen molar-refractivity contribution in [1.29, 1.82) is 0 Å². The number of hydrogen-bond acceptors (Lipinski definition) is 4. The maximum Gasteiger partial charge on any atom is 0.411 e. The van der Waals surface area contributed by atoms with E-state index in [-0.39, 0.29) is 0 Å². The normalized spacial score (nSPS) is 10.4. The topological polar surface area (TPSA) is 56.8 Å². The van der Waals surface area contributed by atoms with Crippen LogP contribution in [-0.4, -0.2) is 32.8 Å². The van der Waals surface area contributed by atoms with Crippen LogP contribution in [0.5, 0.6) is 0 Å². The Balaban J connectivity index is 0.000000252. The molecule has 25 heavy (non-hydrogen) atoms. The van der Waals surface area contributed by atoms with Crippen LogP contribution in [0.1, 0.15) is 25.0 Å². The van der Waals surface area contributed by atoms with Crippen LogP contribution >= 0.6 is 0 Å². The van der Waals surface area contributed by atoms with Gasteiger partial charge in [-0.15, -0.1) is 0 Å². The Kier molecular flexibility index (Phi) is 9.29. The summed E-state index contributed by atoms with van der Waals surface area (Å²) in [5, 5.41) is 2.39. The van der Waals surface area contributed by atoms with E-state index in [1.807, 2.05) is 0 Å². The van der Waals surface area contributed by atoms with Crippen molar-refractivity contribution >= 4 is 6.09 Å². The van der Waals surface area contributed by atoms with Crippen molar-refractivity contribution in [3.63, 3.8) is 0 Å². The van der Waals surface area contributed by atoms with E-state index in [1.165, 1.54) is 25.3 Å². The number of carbonyl (C=O) groups excluding carboxylic acids is 1. The largest absolute Gasteiger partial charge is 0.450 e. The van der Waals surface area contributed by atoms with Gasteiger partial charge in [0.1, 0.15) is 0 Å². The third-order valence-corrected chi connectivity index (χ3v) is 3.48. The lowest BCUT2D eigenvalue weighted by atomic mass is 10.1. The highest BCUT2D eigenvalue weighted by atomic mass is 16.7. The molecule has 0 bridgehead atoms. The Morgan fingerprint density at radius 1 is 0.920 bits per heavy atom. The minimum atomic E-state index is -1.12. The van der Waals surface area contributed by atoms with Crippen LogP contribution in [0, 0.1) is 0 Å². The van der Waals surface area contributed by atoms with E-state index in [4.69, 9.17) is 9.47 Å². The highest BCUT2D eigenvalue weighted by molar-refractivity contribution is 5.67. The van der Waals surface area contributed by atoms with Gasteiger partial charge < -0.3 is 14.2 Å². The van der Waals surface area contributed by atoms with Crippen LogP contribution < -0.4 is 5.32 Å². The summed E-state index contributed by atoms with van der Waals surface area (Å²) in [4.78, 5) is 10.9. The number of rotatable bonds is 6. The number of hydrogen-bond donors (Lipinski definition) is 1. The smallest absolute Gasteiger partial charge is 0.411 e. The van der Waals surface area contributed by atoms with E-state index in [0.29, 0.717) is 6.61 Å². The van der Waals surface area contributed by atoms with Gasteiger partial charge >= 0.3 is 6.09 Å². The molecule has 0 aliphatic rings. The number of alkyl carbamates (subject to hydrolysis) is 1. The first-order valence-corrected chi connectivity index (χ1v) is 8.16. The van der Waals surface area contributed by atoms with Crippen molar-refractivity contribution in [2.75, 3.05) is 20.8 Å². The first-order chi connectivity index (χ1) is 12.0. The zero-order valence-electron chi connectivity index (χ0n) is 15.3. The predicted molar refractivity (Wildman–Crippen MR) is 98.3 cm³/mol. The maximum absolute atomic E-state index is 10.9. The highest BCUT2D eigenvalue weighted by Crippen LogP contribution is 2.08. The van der Waals surface area contributed by atoms with Gasteiger partial charge in [0.25, 0.3) is 5.91 Å². The lowest BCUT2D eigenvalue weighted by molar-refractivity contribution is -0.208. The average Bonchev–Trinajstić information content (AvgIpc) is 2.64. The summed E-state index contributed by atoms with van der Waals surface area (Å²) in [6, 6.07) is 21.1. The fraction of sp³-hybridized carbons (Fsp3) is 0.350. The summed E-state index contributed by atoms with van der Waals surface area (Å²) in [6.07, 6.45) is 0.463. The minimum absolute atomic E-state index is 0.315. The van der Waals surface area contributed by atoms with Crippen LogP contribution in [0.3, 0.4) is 0 Å². The zero-order chi connectivity index (χ0) is 18.5. The van der Waals surface area contributed by atoms with Crippen molar-refractivity contribution in [1.82, 2.24) is 5.32 Å². The Labute approximate surface area is 149 Å². The van der Waals surface area contributed by atoms with Crippen molar-refractivity contribution in [2.24, 2.45) is 0 Å². The molecule has 1 amide bonds. The second-order valence-electron chi connectivity index (χ2n) is 5.35. The fourth-order valence-electron chi connectivity index (χ4n) is 1.97. The quantitative estimate of drug-likeness (QED) is 0.805. The van der Waals surface area contributed by atoms with Gasteiger partial charge in [0.2, 0.25) is 0 Å². The number of methoxy groups -OCH3 is 2. The number of nitrogens with one attached hydrogen (secondary N) is 1. The summed E-state index contributed by atoms with van der Waals surface area (Å²) in [6.45, 7) is 3.61. The average molecular weight is 345 g/mol. The van der Waals surface area contributed by atoms with Gasteiger partial charge in [-0.05, 0) is 24.5 Å². The molecule has 0 fully saturated rings. The minimum Gasteiger partial charge on any atom is -0.450 e. The third-order valence-electron chi connectivity index (χ3n) is 3.48. The zero-order valence-corrected chi connectivity index (χ0v) is 15.3. The molecule has 2 aromatic carbocycles. The molecule has 5 nitrogen and oxygen atoms in total. The third kappa shape index (κ3) is 8.33. The van der Waals surface area contributed by atoms with Crippen LogP contribution in [0.2, 0.25) is 0 Å². The molecule has 0 aliphatic heterocycles. The molecule has 0 spiro atoms. The first kappa shape index (κ1) is 20.7. The Morgan fingerprint density at radius 3 is 1.72 bits per heavy atom. The molecular weight excluding hydrogens is 318 g/mol. The second kappa shape index (κ2) is 11.2. The fourth-order valence-corrected chi connectivity index (χ4v) is 1.97. The van der Waals surface area contributed by atoms with E-state index < -0.39 is 12.0 Å². The van der Waals surface area contributed by atoms with Crippen LogP contribution in [0.15, 0.2) is 60.7 Å². The number of ether oxygens (including phenoxy) is 3. The molecule has 0 aliphatic carbocycles. The molecule has 0 aromatic heterocycles. The molecule has 136 valence electrons. The summed E-state index contributed by atoms with van der Waals surface area (Å²) in [7, 11) is 2.85. The molecular formula is C20H27NO4. The van der Waals surface area contributed by atoms with Crippen LogP contribution in [0.4, 0.5) is 4.79 Å². The molecule has 0 saturated heterocycles. The molecule has 2 rings (SSSR count). The SMILES string of the molecule is CCOC(=O)NC(C)(OC)OC.c1ccc(Cc2ccccc2)cc1.